The molecule has 1 aromatic heterocycles. The molecule has 3 rings (SSSR count). The van der Waals surface area contributed by atoms with Crippen molar-refractivity contribution in [2.45, 2.75) is 20.3 Å². The standard InChI is InChI=1S/C22H26N4O/c1-4-26(19-9-5-7-17(2)15-19)22-24-14-12-21(25-22)23-13-11-18-8-6-10-20(16-18)27-3/h5-10,12,14-16H,4,11,13H2,1-3H3,(H,23,24,25). The van der Waals surface area contributed by atoms with E-state index in [-0.39, 0.29) is 0 Å². The van der Waals surface area contributed by atoms with Gasteiger partial charge in [0.1, 0.15) is 11.6 Å². The van der Waals surface area contributed by atoms with Crippen LogP contribution in [0.5, 0.6) is 5.75 Å². The number of benzene rings is 2. The largest absolute Gasteiger partial charge is 0.497 e. The van der Waals surface area contributed by atoms with E-state index in [1.165, 1.54) is 11.1 Å². The number of hydrogen-bond donors (Lipinski definition) is 1. The molecular formula is C22H26N4O. The van der Waals surface area contributed by atoms with Gasteiger partial charge in [-0.05, 0) is 61.7 Å². The molecule has 0 aliphatic heterocycles. The minimum absolute atomic E-state index is 0.703. The van der Waals surface area contributed by atoms with Crippen LogP contribution in [0.2, 0.25) is 0 Å². The number of methoxy groups -OCH3 is 1. The first kappa shape index (κ1) is 18.7. The second-order valence-corrected chi connectivity index (χ2v) is 6.35. The second kappa shape index (κ2) is 9.03. The average Bonchev–Trinajstić information content (AvgIpc) is 2.69. The third-order valence-corrected chi connectivity index (χ3v) is 4.37. The SMILES string of the molecule is CCN(c1cccc(C)c1)c1nccc(NCCc2cccc(OC)c2)n1. The lowest BCUT2D eigenvalue weighted by molar-refractivity contribution is 0.414. The Labute approximate surface area is 161 Å². The molecule has 0 unspecified atom stereocenters. The highest BCUT2D eigenvalue weighted by Gasteiger charge is 2.11. The summed E-state index contributed by atoms with van der Waals surface area (Å²) in [4.78, 5) is 11.3. The fourth-order valence-corrected chi connectivity index (χ4v) is 2.98. The van der Waals surface area contributed by atoms with Crippen LogP contribution in [-0.2, 0) is 6.42 Å². The number of anilines is 3. The molecular weight excluding hydrogens is 336 g/mol. The summed E-state index contributed by atoms with van der Waals surface area (Å²) in [6.45, 7) is 5.79. The fraction of sp³-hybridized carbons (Fsp3) is 0.273. The summed E-state index contributed by atoms with van der Waals surface area (Å²) in [6, 6.07) is 18.4. The van der Waals surface area contributed by atoms with Crippen LogP contribution in [0.1, 0.15) is 18.1 Å². The van der Waals surface area contributed by atoms with Gasteiger partial charge in [-0.15, -0.1) is 0 Å². The summed E-state index contributed by atoms with van der Waals surface area (Å²) in [5, 5.41) is 3.39. The molecule has 0 aliphatic carbocycles. The number of rotatable bonds is 8. The van der Waals surface area contributed by atoms with Gasteiger partial charge in [0, 0.05) is 25.0 Å². The van der Waals surface area contributed by atoms with Gasteiger partial charge < -0.3 is 15.0 Å². The molecule has 0 atom stereocenters. The highest BCUT2D eigenvalue weighted by Crippen LogP contribution is 2.23. The molecule has 1 heterocycles. The maximum atomic E-state index is 5.28. The van der Waals surface area contributed by atoms with E-state index in [1.54, 1.807) is 13.3 Å². The van der Waals surface area contributed by atoms with Crippen LogP contribution < -0.4 is 15.0 Å². The molecule has 0 saturated carbocycles. The first-order chi connectivity index (χ1) is 13.2. The van der Waals surface area contributed by atoms with Crippen molar-refractivity contribution in [3.8, 4) is 5.75 Å². The minimum Gasteiger partial charge on any atom is -0.497 e. The third-order valence-electron chi connectivity index (χ3n) is 4.37. The molecule has 0 radical (unpaired) electrons. The Morgan fingerprint density at radius 2 is 1.93 bits per heavy atom. The van der Waals surface area contributed by atoms with Crippen LogP contribution >= 0.6 is 0 Å². The maximum absolute atomic E-state index is 5.28. The smallest absolute Gasteiger partial charge is 0.231 e. The van der Waals surface area contributed by atoms with Crippen molar-refractivity contribution in [1.29, 1.82) is 0 Å². The lowest BCUT2D eigenvalue weighted by Gasteiger charge is -2.21. The molecule has 27 heavy (non-hydrogen) atoms. The Kier molecular flexibility index (Phi) is 6.26. The lowest BCUT2D eigenvalue weighted by Crippen LogP contribution is -2.19. The monoisotopic (exact) mass is 362 g/mol. The summed E-state index contributed by atoms with van der Waals surface area (Å²) in [5.74, 6) is 2.41. The first-order valence-electron chi connectivity index (χ1n) is 9.23. The van der Waals surface area contributed by atoms with E-state index in [4.69, 9.17) is 9.72 Å². The summed E-state index contributed by atoms with van der Waals surface area (Å²) >= 11 is 0. The van der Waals surface area contributed by atoms with Crippen LogP contribution in [0.3, 0.4) is 0 Å². The first-order valence-corrected chi connectivity index (χ1v) is 9.23. The van der Waals surface area contributed by atoms with Crippen LogP contribution in [0.25, 0.3) is 0 Å². The van der Waals surface area contributed by atoms with Gasteiger partial charge in [-0.3, -0.25) is 0 Å². The van der Waals surface area contributed by atoms with Crippen LogP contribution in [-0.4, -0.2) is 30.2 Å². The molecule has 0 bridgehead atoms. The zero-order valence-corrected chi connectivity index (χ0v) is 16.1. The van der Waals surface area contributed by atoms with E-state index in [1.807, 2.05) is 18.2 Å². The fourth-order valence-electron chi connectivity index (χ4n) is 2.98. The van der Waals surface area contributed by atoms with Gasteiger partial charge in [0.05, 0.1) is 7.11 Å². The minimum atomic E-state index is 0.703. The Hall–Kier alpha value is -3.08. The zero-order valence-electron chi connectivity index (χ0n) is 16.1. The normalized spacial score (nSPS) is 10.5. The molecule has 0 aliphatic rings. The summed E-state index contributed by atoms with van der Waals surface area (Å²) < 4.78 is 5.28. The Morgan fingerprint density at radius 3 is 2.70 bits per heavy atom. The molecule has 1 N–H and O–H groups in total. The van der Waals surface area contributed by atoms with Crippen molar-refractivity contribution in [1.82, 2.24) is 9.97 Å². The number of hydrogen-bond acceptors (Lipinski definition) is 5. The van der Waals surface area contributed by atoms with E-state index >= 15 is 0 Å². The Balaban J connectivity index is 1.67. The van der Waals surface area contributed by atoms with Crippen LogP contribution in [0.15, 0.2) is 60.8 Å². The highest BCUT2D eigenvalue weighted by molar-refractivity contribution is 5.59. The van der Waals surface area contributed by atoms with Gasteiger partial charge >= 0.3 is 0 Å². The van der Waals surface area contributed by atoms with Gasteiger partial charge in [0.15, 0.2) is 0 Å². The molecule has 2 aromatic carbocycles. The van der Waals surface area contributed by atoms with E-state index in [0.29, 0.717) is 5.95 Å². The van der Waals surface area contributed by atoms with E-state index < -0.39 is 0 Å². The molecule has 5 nitrogen and oxygen atoms in total. The number of aromatic nitrogens is 2. The highest BCUT2D eigenvalue weighted by atomic mass is 16.5. The molecule has 0 saturated heterocycles. The van der Waals surface area contributed by atoms with Gasteiger partial charge in [0.25, 0.3) is 0 Å². The summed E-state index contributed by atoms with van der Waals surface area (Å²) in [5.41, 5.74) is 3.55. The van der Waals surface area contributed by atoms with Gasteiger partial charge in [-0.1, -0.05) is 24.3 Å². The number of nitrogens with one attached hydrogen (secondary N) is 1. The summed E-state index contributed by atoms with van der Waals surface area (Å²) in [6.07, 6.45) is 2.70. The second-order valence-electron chi connectivity index (χ2n) is 6.35. The van der Waals surface area contributed by atoms with Gasteiger partial charge in [0.2, 0.25) is 5.95 Å². The van der Waals surface area contributed by atoms with Gasteiger partial charge in [-0.25, -0.2) is 4.98 Å². The molecule has 0 spiro atoms. The van der Waals surface area contributed by atoms with Gasteiger partial charge in [-0.2, -0.15) is 4.98 Å². The Morgan fingerprint density at radius 1 is 1.07 bits per heavy atom. The van der Waals surface area contributed by atoms with E-state index in [2.05, 4.69) is 65.4 Å². The molecule has 0 amide bonds. The number of nitrogens with zero attached hydrogens (tertiary/aromatic N) is 3. The molecule has 140 valence electrons. The van der Waals surface area contributed by atoms with Crippen LogP contribution in [0, 0.1) is 6.92 Å². The quantitative estimate of drug-likeness (QED) is 0.634. The average molecular weight is 362 g/mol. The van der Waals surface area contributed by atoms with Crippen molar-refractivity contribution in [3.05, 3.63) is 71.9 Å². The molecule has 0 fully saturated rings. The molecule has 5 heteroatoms. The number of aryl methyl sites for hydroxylation is 1. The van der Waals surface area contributed by atoms with Crippen LogP contribution in [0.4, 0.5) is 17.5 Å². The third kappa shape index (κ3) is 4.97. The van der Waals surface area contributed by atoms with Crippen molar-refractivity contribution >= 4 is 17.5 Å². The zero-order chi connectivity index (χ0) is 19.1. The van der Waals surface area contributed by atoms with Crippen molar-refractivity contribution in [2.75, 3.05) is 30.4 Å². The number of ether oxygens (including phenoxy) is 1. The van der Waals surface area contributed by atoms with Crippen molar-refractivity contribution in [2.24, 2.45) is 0 Å². The van der Waals surface area contributed by atoms with Crippen molar-refractivity contribution in [3.63, 3.8) is 0 Å². The van der Waals surface area contributed by atoms with E-state index in [9.17, 15) is 0 Å². The molecule has 3 aromatic rings. The predicted octanol–water partition coefficient (Wildman–Crippen LogP) is 4.61. The summed E-state index contributed by atoms with van der Waals surface area (Å²) in [7, 11) is 1.69. The maximum Gasteiger partial charge on any atom is 0.231 e. The van der Waals surface area contributed by atoms with E-state index in [0.717, 1.165) is 36.8 Å². The topological polar surface area (TPSA) is 50.3 Å². The Bertz CT molecular complexity index is 881. The predicted molar refractivity (Wildman–Crippen MR) is 111 cm³/mol. The lowest BCUT2D eigenvalue weighted by atomic mass is 10.1. The van der Waals surface area contributed by atoms with Crippen molar-refractivity contribution < 1.29 is 4.74 Å².